The van der Waals surface area contributed by atoms with E-state index in [0.717, 1.165) is 34.7 Å². The van der Waals surface area contributed by atoms with Crippen LogP contribution in [0.5, 0.6) is 11.5 Å². The summed E-state index contributed by atoms with van der Waals surface area (Å²) in [7, 11) is 0. The Bertz CT molecular complexity index is 2070. The van der Waals surface area contributed by atoms with Crippen molar-refractivity contribution >= 4 is 33.2 Å². The summed E-state index contributed by atoms with van der Waals surface area (Å²) in [6.45, 7) is 2.56. The molecular formula is C34H27N5O2. The van der Waals surface area contributed by atoms with Crippen LogP contribution in [0.15, 0.2) is 114 Å². The van der Waals surface area contributed by atoms with Gasteiger partial charge in [0.05, 0.1) is 11.0 Å². The van der Waals surface area contributed by atoms with Crippen LogP contribution >= 0.6 is 0 Å². The van der Waals surface area contributed by atoms with E-state index in [1.807, 2.05) is 109 Å². The van der Waals surface area contributed by atoms with Crippen molar-refractivity contribution in [1.29, 1.82) is 0 Å². The molecule has 0 fully saturated rings. The van der Waals surface area contributed by atoms with Crippen LogP contribution < -0.4 is 10.3 Å². The lowest BCUT2D eigenvalue weighted by molar-refractivity contribution is 0.482. The van der Waals surface area contributed by atoms with Crippen LogP contribution in [0, 0.1) is 0 Å². The Balaban J connectivity index is 1.42. The van der Waals surface area contributed by atoms with Gasteiger partial charge in [0.2, 0.25) is 0 Å². The van der Waals surface area contributed by atoms with Crippen molar-refractivity contribution in [1.82, 2.24) is 24.1 Å². The lowest BCUT2D eigenvalue weighted by atomic mass is 10.1. The summed E-state index contributed by atoms with van der Waals surface area (Å²) in [6.07, 6.45) is 1.35. The van der Waals surface area contributed by atoms with Crippen LogP contribution in [0.1, 0.15) is 18.3 Å². The van der Waals surface area contributed by atoms with Crippen LogP contribution in [0.3, 0.4) is 0 Å². The molecule has 0 aliphatic heterocycles. The number of fused-ring (bicyclic) bond motifs is 4. The van der Waals surface area contributed by atoms with Crippen LogP contribution in [-0.2, 0) is 19.4 Å². The van der Waals surface area contributed by atoms with E-state index in [-0.39, 0.29) is 5.56 Å². The molecule has 4 aromatic carbocycles. The fourth-order valence-corrected chi connectivity index (χ4v) is 5.29. The molecule has 0 aliphatic rings. The van der Waals surface area contributed by atoms with E-state index < -0.39 is 0 Å². The Morgan fingerprint density at radius 3 is 2.02 bits per heavy atom. The smallest absolute Gasteiger partial charge is 0.265 e. The van der Waals surface area contributed by atoms with Crippen LogP contribution in [0.2, 0.25) is 0 Å². The fourth-order valence-electron chi connectivity index (χ4n) is 5.29. The molecule has 3 heterocycles. The second-order valence-corrected chi connectivity index (χ2v) is 9.90. The van der Waals surface area contributed by atoms with Gasteiger partial charge in [0, 0.05) is 18.7 Å². The van der Waals surface area contributed by atoms with Gasteiger partial charge in [-0.15, -0.1) is 0 Å². The van der Waals surface area contributed by atoms with E-state index in [9.17, 15) is 4.79 Å². The predicted molar refractivity (Wildman–Crippen MR) is 162 cm³/mol. The number of benzene rings is 4. The number of hydrogen-bond acceptors (Lipinski definition) is 5. The first kappa shape index (κ1) is 24.7. The molecule has 0 unspecified atom stereocenters. The summed E-state index contributed by atoms with van der Waals surface area (Å²) in [5, 5.41) is 0.480. The summed E-state index contributed by atoms with van der Waals surface area (Å²) < 4.78 is 9.75. The number of rotatable bonds is 7. The largest absolute Gasteiger partial charge is 0.457 e. The molecule has 0 saturated carbocycles. The quantitative estimate of drug-likeness (QED) is 0.222. The third-order valence-corrected chi connectivity index (χ3v) is 7.30. The minimum absolute atomic E-state index is 0.0971. The first-order valence-corrected chi connectivity index (χ1v) is 13.8. The van der Waals surface area contributed by atoms with Gasteiger partial charge in [-0.05, 0) is 60.5 Å². The Hall–Kier alpha value is -5.30. The lowest BCUT2D eigenvalue weighted by Crippen LogP contribution is -2.26. The van der Waals surface area contributed by atoms with E-state index in [1.54, 1.807) is 4.57 Å². The SMILES string of the molecule is CCc1nc2c(c(=O)n1CCc1ccccc1)c1nc3ccccc3nc1n2-c1ccc(Oc2ccccc2)cc1. The Morgan fingerprint density at radius 1 is 0.683 bits per heavy atom. The molecule has 0 aliphatic carbocycles. The molecule has 0 radical (unpaired) electrons. The van der Waals surface area contributed by atoms with Crippen molar-refractivity contribution in [3.05, 3.63) is 131 Å². The van der Waals surface area contributed by atoms with E-state index in [0.29, 0.717) is 40.9 Å². The van der Waals surface area contributed by atoms with Gasteiger partial charge in [-0.2, -0.15) is 0 Å². The minimum atomic E-state index is -0.0971. The zero-order valence-electron chi connectivity index (χ0n) is 22.6. The number of ether oxygens (including phenoxy) is 1. The molecule has 0 N–H and O–H groups in total. The Morgan fingerprint density at radius 2 is 1.32 bits per heavy atom. The monoisotopic (exact) mass is 537 g/mol. The maximum absolute atomic E-state index is 14.2. The van der Waals surface area contributed by atoms with Gasteiger partial charge in [0.1, 0.15) is 28.2 Å². The van der Waals surface area contributed by atoms with Crippen LogP contribution in [-0.4, -0.2) is 24.1 Å². The van der Waals surface area contributed by atoms with Crippen molar-refractivity contribution in [2.45, 2.75) is 26.3 Å². The molecule has 3 aromatic heterocycles. The van der Waals surface area contributed by atoms with E-state index in [1.165, 1.54) is 5.56 Å². The topological polar surface area (TPSA) is 74.8 Å². The Kier molecular flexibility index (Phi) is 6.24. The highest BCUT2D eigenvalue weighted by molar-refractivity contribution is 6.05. The maximum atomic E-state index is 14.2. The molecule has 200 valence electrons. The number of nitrogens with zero attached hydrogens (tertiary/aromatic N) is 5. The average Bonchev–Trinajstić information content (AvgIpc) is 3.33. The number of aryl methyl sites for hydroxylation is 2. The van der Waals surface area contributed by atoms with Gasteiger partial charge >= 0.3 is 0 Å². The molecule has 7 aromatic rings. The van der Waals surface area contributed by atoms with Gasteiger partial charge in [-0.3, -0.25) is 13.9 Å². The molecule has 7 nitrogen and oxygen atoms in total. The van der Waals surface area contributed by atoms with E-state index >= 15 is 0 Å². The Labute approximate surface area is 236 Å². The molecule has 0 bridgehead atoms. The van der Waals surface area contributed by atoms with Gasteiger partial charge in [-0.25, -0.2) is 15.0 Å². The summed E-state index contributed by atoms with van der Waals surface area (Å²) in [5.41, 5.74) is 5.11. The lowest BCUT2D eigenvalue weighted by Gasteiger charge is -2.13. The zero-order chi connectivity index (χ0) is 27.8. The first-order valence-electron chi connectivity index (χ1n) is 13.8. The van der Waals surface area contributed by atoms with Crippen molar-refractivity contribution in [3.8, 4) is 17.2 Å². The molecular weight excluding hydrogens is 510 g/mol. The van der Waals surface area contributed by atoms with Crippen molar-refractivity contribution in [2.75, 3.05) is 0 Å². The summed E-state index contributed by atoms with van der Waals surface area (Å²) in [6, 6.07) is 35.3. The molecule has 41 heavy (non-hydrogen) atoms. The normalized spacial score (nSPS) is 11.4. The number of aromatic nitrogens is 5. The third-order valence-electron chi connectivity index (χ3n) is 7.30. The predicted octanol–water partition coefficient (Wildman–Crippen LogP) is 6.88. The molecule has 0 saturated heterocycles. The second-order valence-electron chi connectivity index (χ2n) is 9.90. The van der Waals surface area contributed by atoms with E-state index in [2.05, 4.69) is 12.1 Å². The second kappa shape index (κ2) is 10.4. The van der Waals surface area contributed by atoms with Gasteiger partial charge in [-0.1, -0.05) is 67.6 Å². The summed E-state index contributed by atoms with van der Waals surface area (Å²) in [5.74, 6) is 2.21. The maximum Gasteiger partial charge on any atom is 0.265 e. The standard InChI is InChI=1S/C34H27N5O2/c1-2-29-37-32-30(34(40)38(29)22-21-23-11-5-3-6-12-23)31-33(36-28-16-10-9-15-27(28)35-31)39(32)24-17-19-26(20-18-24)41-25-13-7-4-8-14-25/h3-20H,2,21-22H2,1H3. The highest BCUT2D eigenvalue weighted by atomic mass is 16.5. The van der Waals surface area contributed by atoms with Crippen molar-refractivity contribution in [3.63, 3.8) is 0 Å². The summed E-state index contributed by atoms with van der Waals surface area (Å²) >= 11 is 0. The fraction of sp³-hybridized carbons (Fsp3) is 0.118. The summed E-state index contributed by atoms with van der Waals surface area (Å²) in [4.78, 5) is 29.2. The third kappa shape index (κ3) is 4.51. The molecule has 7 heteroatoms. The van der Waals surface area contributed by atoms with Gasteiger partial charge in [0.15, 0.2) is 11.3 Å². The molecule has 0 atom stereocenters. The van der Waals surface area contributed by atoms with Gasteiger partial charge < -0.3 is 4.74 Å². The van der Waals surface area contributed by atoms with Crippen molar-refractivity contribution in [2.24, 2.45) is 0 Å². The minimum Gasteiger partial charge on any atom is -0.457 e. The van der Waals surface area contributed by atoms with E-state index in [4.69, 9.17) is 19.7 Å². The van der Waals surface area contributed by atoms with Crippen molar-refractivity contribution < 1.29 is 4.74 Å². The number of hydrogen-bond donors (Lipinski definition) is 0. The van der Waals surface area contributed by atoms with Gasteiger partial charge in [0.25, 0.3) is 5.56 Å². The number of para-hydroxylation sites is 3. The molecule has 0 spiro atoms. The molecule has 0 amide bonds. The highest BCUT2D eigenvalue weighted by Gasteiger charge is 2.23. The average molecular weight is 538 g/mol. The highest BCUT2D eigenvalue weighted by Crippen LogP contribution is 2.30. The van der Waals surface area contributed by atoms with Crippen LogP contribution in [0.25, 0.3) is 38.9 Å². The van der Waals surface area contributed by atoms with Crippen LogP contribution in [0.4, 0.5) is 0 Å². The molecule has 7 rings (SSSR count). The first-order chi connectivity index (χ1) is 20.2. The zero-order valence-corrected chi connectivity index (χ0v) is 22.6.